The maximum Gasteiger partial charge on any atom is 0.244 e. The van der Waals surface area contributed by atoms with Gasteiger partial charge in [0.15, 0.2) is 0 Å². The lowest BCUT2D eigenvalue weighted by atomic mass is 10.3. The third kappa shape index (κ3) is 4.45. The van der Waals surface area contributed by atoms with E-state index in [2.05, 4.69) is 5.32 Å². The van der Waals surface area contributed by atoms with Crippen molar-refractivity contribution in [3.05, 3.63) is 54.2 Å². The molecular weight excluding hydrogens is 275 g/mol. The van der Waals surface area contributed by atoms with Gasteiger partial charge < -0.3 is 14.6 Å². The molecule has 21 heavy (non-hydrogen) atoms. The largest absolute Gasteiger partial charge is 0.467 e. The van der Waals surface area contributed by atoms with Gasteiger partial charge in [0.1, 0.15) is 18.1 Å². The standard InChI is InChI=1S/C15H15FN2O3/c1-11(19)18(9-14-6-3-7-21-14)10-15(20)17-13-5-2-4-12(16)8-13/h2-8H,9-10H2,1H3,(H,17,20). The lowest BCUT2D eigenvalue weighted by Crippen LogP contribution is -2.36. The number of nitrogens with zero attached hydrogens (tertiary/aromatic N) is 1. The molecule has 0 aliphatic rings. The summed E-state index contributed by atoms with van der Waals surface area (Å²) in [6, 6.07) is 9.00. The Labute approximate surface area is 121 Å². The van der Waals surface area contributed by atoms with Gasteiger partial charge in [-0.25, -0.2) is 4.39 Å². The van der Waals surface area contributed by atoms with Crippen LogP contribution in [0.1, 0.15) is 12.7 Å². The van der Waals surface area contributed by atoms with Crippen molar-refractivity contribution in [2.24, 2.45) is 0 Å². The van der Waals surface area contributed by atoms with E-state index >= 15 is 0 Å². The number of halogens is 1. The first-order chi connectivity index (χ1) is 10.0. The van der Waals surface area contributed by atoms with E-state index in [9.17, 15) is 14.0 Å². The number of benzene rings is 1. The second-order valence-electron chi connectivity index (χ2n) is 4.51. The zero-order valence-corrected chi connectivity index (χ0v) is 11.5. The van der Waals surface area contributed by atoms with Crippen LogP contribution in [0.15, 0.2) is 47.1 Å². The SMILES string of the molecule is CC(=O)N(CC(=O)Nc1cccc(F)c1)Cc1ccco1. The minimum atomic E-state index is -0.438. The molecule has 2 amide bonds. The van der Waals surface area contributed by atoms with E-state index in [1.165, 1.54) is 36.3 Å². The van der Waals surface area contributed by atoms with Gasteiger partial charge in [0.05, 0.1) is 12.8 Å². The average Bonchev–Trinajstić information content (AvgIpc) is 2.90. The van der Waals surface area contributed by atoms with E-state index < -0.39 is 11.7 Å². The summed E-state index contributed by atoms with van der Waals surface area (Å²) in [7, 11) is 0. The van der Waals surface area contributed by atoms with E-state index in [1.54, 1.807) is 18.2 Å². The number of furan rings is 1. The Kier molecular flexibility index (Phi) is 4.71. The van der Waals surface area contributed by atoms with Crippen molar-refractivity contribution in [3.8, 4) is 0 Å². The van der Waals surface area contributed by atoms with Crippen LogP contribution in [0.5, 0.6) is 0 Å². The molecule has 0 aliphatic carbocycles. The van der Waals surface area contributed by atoms with Crippen molar-refractivity contribution in [2.75, 3.05) is 11.9 Å². The van der Waals surface area contributed by atoms with E-state index in [1.807, 2.05) is 0 Å². The Hall–Kier alpha value is -2.63. The van der Waals surface area contributed by atoms with Crippen molar-refractivity contribution in [1.82, 2.24) is 4.90 Å². The van der Waals surface area contributed by atoms with Gasteiger partial charge in [0.25, 0.3) is 0 Å². The molecule has 0 atom stereocenters. The summed E-state index contributed by atoms with van der Waals surface area (Å²) in [5.74, 6) is -0.501. The maximum atomic E-state index is 13.0. The van der Waals surface area contributed by atoms with Crippen molar-refractivity contribution in [2.45, 2.75) is 13.5 Å². The lowest BCUT2D eigenvalue weighted by molar-refractivity contribution is -0.133. The zero-order valence-electron chi connectivity index (χ0n) is 11.5. The molecule has 0 unspecified atom stereocenters. The number of hydrogen-bond donors (Lipinski definition) is 1. The number of carbonyl (C=O) groups is 2. The lowest BCUT2D eigenvalue weighted by Gasteiger charge is -2.19. The molecular formula is C15H15FN2O3. The van der Waals surface area contributed by atoms with Crippen LogP contribution in [-0.2, 0) is 16.1 Å². The topological polar surface area (TPSA) is 62.6 Å². The van der Waals surface area contributed by atoms with Crippen molar-refractivity contribution in [3.63, 3.8) is 0 Å². The molecule has 0 saturated carbocycles. The van der Waals surface area contributed by atoms with Crippen molar-refractivity contribution in [1.29, 1.82) is 0 Å². The molecule has 6 heteroatoms. The van der Waals surface area contributed by atoms with Gasteiger partial charge in [0.2, 0.25) is 11.8 Å². The minimum absolute atomic E-state index is 0.132. The molecule has 0 radical (unpaired) electrons. The molecule has 0 aliphatic heterocycles. The predicted molar refractivity (Wildman–Crippen MR) is 74.8 cm³/mol. The van der Waals surface area contributed by atoms with E-state index in [0.29, 0.717) is 11.4 Å². The van der Waals surface area contributed by atoms with Gasteiger partial charge in [-0.3, -0.25) is 9.59 Å². The van der Waals surface area contributed by atoms with Crippen LogP contribution >= 0.6 is 0 Å². The smallest absolute Gasteiger partial charge is 0.244 e. The highest BCUT2D eigenvalue weighted by molar-refractivity contribution is 5.94. The fraction of sp³-hybridized carbons (Fsp3) is 0.200. The summed E-state index contributed by atoms with van der Waals surface area (Å²) in [5.41, 5.74) is 0.349. The van der Waals surface area contributed by atoms with Crippen LogP contribution in [-0.4, -0.2) is 23.3 Å². The molecule has 2 rings (SSSR count). The first-order valence-electron chi connectivity index (χ1n) is 6.38. The normalized spacial score (nSPS) is 10.2. The minimum Gasteiger partial charge on any atom is -0.467 e. The number of hydrogen-bond acceptors (Lipinski definition) is 3. The van der Waals surface area contributed by atoms with Gasteiger partial charge in [-0.15, -0.1) is 0 Å². The van der Waals surface area contributed by atoms with Gasteiger partial charge in [0, 0.05) is 12.6 Å². The Bertz CT molecular complexity index is 626. The van der Waals surface area contributed by atoms with Gasteiger partial charge in [-0.05, 0) is 30.3 Å². The van der Waals surface area contributed by atoms with Crippen LogP contribution in [0.2, 0.25) is 0 Å². The predicted octanol–water partition coefficient (Wildman–Crippen LogP) is 2.41. The Balaban J connectivity index is 1.96. The van der Waals surface area contributed by atoms with Crippen LogP contribution in [0.25, 0.3) is 0 Å². The Morgan fingerprint density at radius 1 is 1.29 bits per heavy atom. The molecule has 1 heterocycles. The highest BCUT2D eigenvalue weighted by Crippen LogP contribution is 2.10. The third-order valence-electron chi connectivity index (χ3n) is 2.81. The second kappa shape index (κ2) is 6.69. The Morgan fingerprint density at radius 2 is 2.10 bits per heavy atom. The van der Waals surface area contributed by atoms with Gasteiger partial charge >= 0.3 is 0 Å². The number of carbonyl (C=O) groups excluding carboxylic acids is 2. The molecule has 0 bridgehead atoms. The first kappa shape index (κ1) is 14.8. The molecule has 1 N–H and O–H groups in total. The van der Waals surface area contributed by atoms with Crippen molar-refractivity contribution < 1.29 is 18.4 Å². The van der Waals surface area contributed by atoms with E-state index in [-0.39, 0.29) is 19.0 Å². The van der Waals surface area contributed by atoms with Crippen LogP contribution in [0.3, 0.4) is 0 Å². The van der Waals surface area contributed by atoms with Crippen LogP contribution in [0, 0.1) is 5.82 Å². The number of amides is 2. The molecule has 5 nitrogen and oxygen atoms in total. The molecule has 1 aromatic heterocycles. The molecule has 0 saturated heterocycles. The second-order valence-corrected chi connectivity index (χ2v) is 4.51. The summed E-state index contributed by atoms with van der Waals surface area (Å²) >= 11 is 0. The van der Waals surface area contributed by atoms with E-state index in [0.717, 1.165) is 0 Å². The molecule has 1 aromatic carbocycles. The first-order valence-corrected chi connectivity index (χ1v) is 6.38. The summed E-state index contributed by atoms with van der Waals surface area (Å²) in [6.07, 6.45) is 1.50. The number of anilines is 1. The Morgan fingerprint density at radius 3 is 2.71 bits per heavy atom. The van der Waals surface area contributed by atoms with Crippen molar-refractivity contribution >= 4 is 17.5 Å². The average molecular weight is 290 g/mol. The molecule has 110 valence electrons. The third-order valence-corrected chi connectivity index (χ3v) is 2.81. The molecule has 2 aromatic rings. The summed E-state index contributed by atoms with van der Waals surface area (Å²) in [6.45, 7) is 1.45. The van der Waals surface area contributed by atoms with Crippen LogP contribution < -0.4 is 5.32 Å². The fourth-order valence-corrected chi connectivity index (χ4v) is 1.81. The quantitative estimate of drug-likeness (QED) is 0.919. The monoisotopic (exact) mass is 290 g/mol. The molecule has 0 fully saturated rings. The highest BCUT2D eigenvalue weighted by atomic mass is 19.1. The van der Waals surface area contributed by atoms with Gasteiger partial charge in [-0.1, -0.05) is 6.07 Å². The maximum absolute atomic E-state index is 13.0. The van der Waals surface area contributed by atoms with E-state index in [4.69, 9.17) is 4.42 Å². The molecule has 0 spiro atoms. The highest BCUT2D eigenvalue weighted by Gasteiger charge is 2.15. The van der Waals surface area contributed by atoms with Crippen LogP contribution in [0.4, 0.5) is 10.1 Å². The number of rotatable bonds is 5. The zero-order chi connectivity index (χ0) is 15.2. The summed E-state index contributed by atoms with van der Waals surface area (Å²) in [4.78, 5) is 24.8. The summed E-state index contributed by atoms with van der Waals surface area (Å²) < 4.78 is 18.2. The fourth-order valence-electron chi connectivity index (χ4n) is 1.81. The number of nitrogens with one attached hydrogen (secondary N) is 1. The summed E-state index contributed by atoms with van der Waals surface area (Å²) in [5, 5.41) is 2.54. The van der Waals surface area contributed by atoms with Gasteiger partial charge in [-0.2, -0.15) is 0 Å².